The molecule has 1 aromatic carbocycles. The van der Waals surface area contributed by atoms with E-state index < -0.39 is 17.8 Å². The van der Waals surface area contributed by atoms with E-state index in [9.17, 15) is 14.3 Å². The molecule has 0 saturated carbocycles. The van der Waals surface area contributed by atoms with Crippen LogP contribution < -0.4 is 5.32 Å². The molecule has 0 aliphatic carbocycles. The Morgan fingerprint density at radius 1 is 1.28 bits per heavy atom. The van der Waals surface area contributed by atoms with E-state index in [2.05, 4.69) is 10.3 Å². The molecule has 0 unspecified atom stereocenters. The molecule has 4 nitrogen and oxygen atoms in total. The second-order valence-corrected chi connectivity index (χ2v) is 7.16. The summed E-state index contributed by atoms with van der Waals surface area (Å²) in [4.78, 5) is 17.4. The Labute approximate surface area is 152 Å². The number of phenols is 1. The molecule has 0 bridgehead atoms. The molecule has 0 aliphatic rings. The minimum absolute atomic E-state index is 0.117. The van der Waals surface area contributed by atoms with Gasteiger partial charge in [0.05, 0.1) is 10.4 Å². The highest BCUT2D eigenvalue weighted by molar-refractivity contribution is 7.16. The third kappa shape index (κ3) is 3.97. The second kappa shape index (κ2) is 7.21. The first-order valence-electron chi connectivity index (χ1n) is 7.42. The lowest BCUT2D eigenvalue weighted by atomic mass is 10.0. The number of hydrogen-bond donors (Lipinski definition) is 2. The zero-order valence-corrected chi connectivity index (χ0v) is 14.7. The molecule has 0 radical (unpaired) electrons. The van der Waals surface area contributed by atoms with Crippen molar-refractivity contribution in [2.45, 2.75) is 13.0 Å². The van der Waals surface area contributed by atoms with Crippen molar-refractivity contribution in [3.63, 3.8) is 0 Å². The van der Waals surface area contributed by atoms with Crippen LogP contribution in [0.5, 0.6) is 5.75 Å². The molecule has 2 aromatic heterocycles. The van der Waals surface area contributed by atoms with Gasteiger partial charge in [-0.05, 0) is 49.4 Å². The van der Waals surface area contributed by atoms with Gasteiger partial charge in [0.15, 0.2) is 0 Å². The number of nitrogens with one attached hydrogen (secondary N) is 1. The maximum atomic E-state index is 13.7. The molecule has 7 heteroatoms. The zero-order valence-electron chi connectivity index (χ0n) is 13.2. The molecule has 0 saturated heterocycles. The summed E-state index contributed by atoms with van der Waals surface area (Å²) in [5, 5.41) is 12.9. The van der Waals surface area contributed by atoms with Crippen LogP contribution in [0.1, 0.15) is 32.7 Å². The second-order valence-electron chi connectivity index (χ2n) is 5.42. The molecule has 128 valence electrons. The Bertz CT molecular complexity index is 929. The predicted molar refractivity (Wildman–Crippen MR) is 95.7 cm³/mol. The number of carbonyl (C=O) groups excluding carboxylic acids is 1. The Morgan fingerprint density at radius 3 is 2.76 bits per heavy atom. The molecule has 0 aliphatic heterocycles. The maximum Gasteiger partial charge on any atom is 0.270 e. The molecule has 3 rings (SSSR count). The highest BCUT2D eigenvalue weighted by Gasteiger charge is 2.23. The number of hydrogen-bond acceptors (Lipinski definition) is 4. The average Bonchev–Trinajstić information content (AvgIpc) is 3.01. The number of amides is 1. The summed E-state index contributed by atoms with van der Waals surface area (Å²) < 4.78 is 14.2. The number of pyridine rings is 1. The van der Waals surface area contributed by atoms with Crippen LogP contribution in [-0.2, 0) is 0 Å². The quantitative estimate of drug-likeness (QED) is 0.706. The SMILES string of the molecule is Cc1cccc(C(=O)N[C@@H](c2ccc(Cl)s2)c2cc(F)ccc2O)n1. The van der Waals surface area contributed by atoms with Crippen molar-refractivity contribution >= 4 is 28.8 Å². The fraction of sp³-hybridized carbons (Fsp3) is 0.111. The number of rotatable bonds is 4. The van der Waals surface area contributed by atoms with E-state index in [4.69, 9.17) is 11.6 Å². The van der Waals surface area contributed by atoms with Crippen molar-refractivity contribution in [3.8, 4) is 5.75 Å². The Kier molecular flexibility index (Phi) is 5.01. The first kappa shape index (κ1) is 17.4. The fourth-order valence-corrected chi connectivity index (χ4v) is 3.55. The van der Waals surface area contributed by atoms with Crippen LogP contribution in [0.2, 0.25) is 4.34 Å². The number of carbonyl (C=O) groups is 1. The van der Waals surface area contributed by atoms with E-state index in [1.165, 1.54) is 23.5 Å². The van der Waals surface area contributed by atoms with Crippen molar-refractivity contribution in [1.29, 1.82) is 0 Å². The van der Waals surface area contributed by atoms with Crippen LogP contribution in [-0.4, -0.2) is 16.0 Å². The Hall–Kier alpha value is -2.44. The van der Waals surface area contributed by atoms with Crippen molar-refractivity contribution in [2.24, 2.45) is 0 Å². The van der Waals surface area contributed by atoms with Crippen molar-refractivity contribution < 1.29 is 14.3 Å². The summed E-state index contributed by atoms with van der Waals surface area (Å²) in [5.74, 6) is -1.06. The highest BCUT2D eigenvalue weighted by Crippen LogP contribution is 2.35. The van der Waals surface area contributed by atoms with Crippen molar-refractivity contribution in [3.05, 3.63) is 80.5 Å². The summed E-state index contributed by atoms with van der Waals surface area (Å²) in [6, 6.07) is 11.4. The highest BCUT2D eigenvalue weighted by atomic mass is 35.5. The summed E-state index contributed by atoms with van der Waals surface area (Å²) in [6.45, 7) is 1.78. The summed E-state index contributed by atoms with van der Waals surface area (Å²) in [6.07, 6.45) is 0. The summed E-state index contributed by atoms with van der Waals surface area (Å²) in [7, 11) is 0. The Balaban J connectivity index is 2.00. The number of aryl methyl sites for hydroxylation is 1. The van der Waals surface area contributed by atoms with Crippen molar-refractivity contribution in [2.75, 3.05) is 0 Å². The minimum Gasteiger partial charge on any atom is -0.508 e. The van der Waals surface area contributed by atoms with Crippen LogP contribution in [0, 0.1) is 12.7 Å². The van der Waals surface area contributed by atoms with Crippen LogP contribution in [0.3, 0.4) is 0 Å². The Morgan fingerprint density at radius 2 is 2.08 bits per heavy atom. The van der Waals surface area contributed by atoms with Gasteiger partial charge in [0, 0.05) is 16.1 Å². The third-order valence-electron chi connectivity index (χ3n) is 3.58. The number of phenolic OH excluding ortho intramolecular Hbond substituents is 1. The molecule has 25 heavy (non-hydrogen) atoms. The fourth-order valence-electron chi connectivity index (χ4n) is 2.42. The number of benzene rings is 1. The summed E-state index contributed by atoms with van der Waals surface area (Å²) in [5.41, 5.74) is 1.19. The van der Waals surface area contributed by atoms with Crippen LogP contribution in [0.15, 0.2) is 48.5 Å². The molecule has 0 spiro atoms. The van der Waals surface area contributed by atoms with Gasteiger partial charge in [0.1, 0.15) is 17.3 Å². The predicted octanol–water partition coefficient (Wildman–Crippen LogP) is 4.47. The molecular formula is C18H14ClFN2O2S. The van der Waals surface area contributed by atoms with E-state index in [0.717, 1.165) is 6.07 Å². The molecule has 2 N–H and O–H groups in total. The normalized spacial score (nSPS) is 12.0. The van der Waals surface area contributed by atoms with Gasteiger partial charge < -0.3 is 10.4 Å². The molecule has 3 aromatic rings. The molecule has 2 heterocycles. The lowest BCUT2D eigenvalue weighted by Gasteiger charge is -2.19. The first-order chi connectivity index (χ1) is 11.9. The minimum atomic E-state index is -0.747. The average molecular weight is 377 g/mol. The van der Waals surface area contributed by atoms with Gasteiger partial charge in [-0.15, -0.1) is 11.3 Å². The van der Waals surface area contributed by atoms with Crippen LogP contribution in [0.25, 0.3) is 0 Å². The van der Waals surface area contributed by atoms with E-state index in [-0.39, 0.29) is 17.0 Å². The molecule has 1 amide bonds. The van der Waals surface area contributed by atoms with Gasteiger partial charge in [0.2, 0.25) is 0 Å². The monoisotopic (exact) mass is 376 g/mol. The standard InChI is InChI=1S/C18H14ClFN2O2S/c1-10-3-2-4-13(21-10)18(24)22-17(15-7-8-16(19)25-15)12-9-11(20)5-6-14(12)23/h2-9,17,23H,1H3,(H,22,24)/t17-/m1/s1. The molecule has 1 atom stereocenters. The van der Waals surface area contributed by atoms with Crippen LogP contribution in [0.4, 0.5) is 4.39 Å². The first-order valence-corrected chi connectivity index (χ1v) is 8.61. The number of aromatic nitrogens is 1. The van der Waals surface area contributed by atoms with E-state index in [0.29, 0.717) is 14.9 Å². The molecule has 0 fully saturated rings. The van der Waals surface area contributed by atoms with Gasteiger partial charge in [-0.2, -0.15) is 0 Å². The van der Waals surface area contributed by atoms with E-state index in [1.807, 2.05) is 0 Å². The lowest BCUT2D eigenvalue weighted by molar-refractivity contribution is 0.0938. The smallest absolute Gasteiger partial charge is 0.270 e. The largest absolute Gasteiger partial charge is 0.508 e. The van der Waals surface area contributed by atoms with Gasteiger partial charge in [-0.1, -0.05) is 17.7 Å². The lowest BCUT2D eigenvalue weighted by Crippen LogP contribution is -2.29. The van der Waals surface area contributed by atoms with Gasteiger partial charge >= 0.3 is 0 Å². The van der Waals surface area contributed by atoms with Gasteiger partial charge in [-0.25, -0.2) is 9.37 Å². The number of nitrogens with zero attached hydrogens (tertiary/aromatic N) is 1. The van der Waals surface area contributed by atoms with Crippen molar-refractivity contribution in [1.82, 2.24) is 10.3 Å². The third-order valence-corrected chi connectivity index (χ3v) is 4.87. The zero-order chi connectivity index (χ0) is 18.0. The van der Waals surface area contributed by atoms with E-state index in [1.54, 1.807) is 37.3 Å². The summed E-state index contributed by atoms with van der Waals surface area (Å²) >= 11 is 7.24. The van der Waals surface area contributed by atoms with Gasteiger partial charge in [-0.3, -0.25) is 4.79 Å². The molecular weight excluding hydrogens is 363 g/mol. The number of aromatic hydroxyl groups is 1. The topological polar surface area (TPSA) is 62.2 Å². The number of halogens is 2. The maximum absolute atomic E-state index is 13.7. The number of thiophene rings is 1. The van der Waals surface area contributed by atoms with Crippen LogP contribution >= 0.6 is 22.9 Å². The van der Waals surface area contributed by atoms with E-state index >= 15 is 0 Å². The van der Waals surface area contributed by atoms with Gasteiger partial charge in [0.25, 0.3) is 5.91 Å².